The van der Waals surface area contributed by atoms with Gasteiger partial charge in [-0.3, -0.25) is 14.9 Å². The molecule has 1 amide bonds. The summed E-state index contributed by atoms with van der Waals surface area (Å²) in [7, 11) is 0. The number of carbonyl (C=O) groups excluding carboxylic acids is 1. The maximum atomic E-state index is 12.6. The summed E-state index contributed by atoms with van der Waals surface area (Å²) in [5, 5.41) is 18.0. The lowest BCUT2D eigenvalue weighted by molar-refractivity contribution is -0.384. The molecule has 6 rings (SSSR count). The minimum Gasteiger partial charge on any atom is -0.378 e. The van der Waals surface area contributed by atoms with Gasteiger partial charge < -0.3 is 25.0 Å². The summed E-state index contributed by atoms with van der Waals surface area (Å²) in [6, 6.07) is 12.1. The first-order chi connectivity index (χ1) is 18.6. The fourth-order valence-corrected chi connectivity index (χ4v) is 4.62. The lowest BCUT2D eigenvalue weighted by atomic mass is 10.1. The zero-order valence-corrected chi connectivity index (χ0v) is 21.0. The van der Waals surface area contributed by atoms with Crippen molar-refractivity contribution < 1.29 is 19.2 Å². The summed E-state index contributed by atoms with van der Waals surface area (Å²) in [5.41, 5.74) is 3.67. The quantitative estimate of drug-likeness (QED) is 0.381. The van der Waals surface area contributed by atoms with Crippen LogP contribution >= 0.6 is 0 Å². The number of nitrogens with zero attached hydrogens (tertiary/aromatic N) is 4. The number of aromatic nitrogens is 2. The first-order valence-electron chi connectivity index (χ1n) is 12.8. The Kier molecular flexibility index (Phi) is 8.05. The summed E-state index contributed by atoms with van der Waals surface area (Å²) >= 11 is 0. The minimum atomic E-state index is -0.496. The maximum Gasteiger partial charge on any atom is 0.279 e. The molecule has 0 radical (unpaired) electrons. The molecule has 1 fully saturated rings. The van der Waals surface area contributed by atoms with E-state index in [1.165, 1.54) is 6.07 Å². The summed E-state index contributed by atoms with van der Waals surface area (Å²) in [5.74, 6) is -0.0384. The number of amides is 1. The Bertz CT molecular complexity index is 1310. The molecule has 4 heterocycles. The average Bonchev–Trinajstić information content (AvgIpc) is 2.94. The van der Waals surface area contributed by atoms with E-state index in [9.17, 15) is 14.9 Å². The molecule has 2 aromatic carbocycles. The van der Waals surface area contributed by atoms with Crippen molar-refractivity contribution in [3.8, 4) is 11.3 Å². The Morgan fingerprint density at radius 1 is 0.974 bits per heavy atom. The molecule has 1 aromatic heterocycles. The number of nitro benzene ring substituents is 1. The monoisotopic (exact) mass is 518 g/mol. The maximum absolute atomic E-state index is 12.6. The molecule has 11 nitrogen and oxygen atoms in total. The lowest BCUT2D eigenvalue weighted by Gasteiger charge is -2.31. The molecule has 11 heteroatoms. The Hall–Kier alpha value is -4.09. The third-order valence-corrected chi connectivity index (χ3v) is 6.58. The van der Waals surface area contributed by atoms with Gasteiger partial charge in [0.05, 0.1) is 36.0 Å². The summed E-state index contributed by atoms with van der Waals surface area (Å²) in [6.45, 7) is 4.54. The molecule has 198 valence electrons. The van der Waals surface area contributed by atoms with Gasteiger partial charge in [0.15, 0.2) is 0 Å². The van der Waals surface area contributed by atoms with E-state index in [1.807, 2.05) is 12.1 Å². The number of rotatable bonds is 2. The topological polar surface area (TPSA) is 132 Å². The van der Waals surface area contributed by atoms with E-state index < -0.39 is 4.92 Å². The summed E-state index contributed by atoms with van der Waals surface area (Å²) < 4.78 is 11.6. The first-order valence-corrected chi connectivity index (χ1v) is 12.8. The molecule has 6 bridgehead atoms. The first kappa shape index (κ1) is 25.6. The lowest BCUT2D eigenvalue weighted by Crippen LogP contribution is -2.36. The molecule has 2 N–H and O–H groups in total. The molecular formula is C27H30N6O5. The van der Waals surface area contributed by atoms with Crippen LogP contribution in [-0.4, -0.2) is 60.3 Å². The third-order valence-electron chi connectivity index (χ3n) is 6.58. The highest BCUT2D eigenvalue weighted by atomic mass is 16.6. The van der Waals surface area contributed by atoms with E-state index in [-0.39, 0.29) is 17.2 Å². The van der Waals surface area contributed by atoms with Gasteiger partial charge in [0, 0.05) is 61.0 Å². The second-order valence-corrected chi connectivity index (χ2v) is 9.19. The Balaban J connectivity index is 1.49. The molecule has 38 heavy (non-hydrogen) atoms. The van der Waals surface area contributed by atoms with Crippen LogP contribution in [0.3, 0.4) is 0 Å². The molecule has 0 aliphatic carbocycles. The van der Waals surface area contributed by atoms with E-state index in [4.69, 9.17) is 9.47 Å². The van der Waals surface area contributed by atoms with Crippen molar-refractivity contribution in [1.29, 1.82) is 0 Å². The highest BCUT2D eigenvalue weighted by Gasteiger charge is 2.21. The van der Waals surface area contributed by atoms with Gasteiger partial charge in [0.25, 0.3) is 11.6 Å². The van der Waals surface area contributed by atoms with Crippen molar-refractivity contribution in [2.24, 2.45) is 0 Å². The molecule has 1 saturated heterocycles. The van der Waals surface area contributed by atoms with Gasteiger partial charge in [0.2, 0.25) is 5.95 Å². The van der Waals surface area contributed by atoms with Crippen LogP contribution in [0.1, 0.15) is 35.2 Å². The third kappa shape index (κ3) is 6.06. The standard InChI is InChI=1S/C27H30N6O5/c34-26-19-4-6-22(25(17-19)33(35)36)23-8-10-29-27(31-23)30-21-5-7-24(32-11-14-37-15-12-32)20(16-21)18-38-13-3-1-2-9-28-26/h4-8,10,16-17H,1-3,9,11-15,18H2,(H,28,34)(H,29,30,31). The highest BCUT2D eigenvalue weighted by molar-refractivity contribution is 5.96. The van der Waals surface area contributed by atoms with E-state index in [2.05, 4.69) is 31.6 Å². The second kappa shape index (κ2) is 12.0. The zero-order valence-electron chi connectivity index (χ0n) is 21.0. The number of hydrogen-bond acceptors (Lipinski definition) is 9. The number of hydrogen-bond donors (Lipinski definition) is 2. The number of benzene rings is 2. The van der Waals surface area contributed by atoms with Gasteiger partial charge in [-0.2, -0.15) is 0 Å². The predicted molar refractivity (Wildman–Crippen MR) is 143 cm³/mol. The number of fused-ring (bicyclic) bond motifs is 10. The average molecular weight is 519 g/mol. The van der Waals surface area contributed by atoms with Crippen LogP contribution in [0.5, 0.6) is 0 Å². The fourth-order valence-electron chi connectivity index (χ4n) is 4.62. The number of carbonyl (C=O) groups is 1. The van der Waals surface area contributed by atoms with Crippen LogP contribution in [0.4, 0.5) is 23.0 Å². The van der Waals surface area contributed by atoms with Crippen LogP contribution in [0.2, 0.25) is 0 Å². The Morgan fingerprint density at radius 3 is 2.68 bits per heavy atom. The molecule has 0 saturated carbocycles. The van der Waals surface area contributed by atoms with Crippen molar-refractivity contribution in [2.75, 3.05) is 49.7 Å². The second-order valence-electron chi connectivity index (χ2n) is 9.19. The van der Waals surface area contributed by atoms with Gasteiger partial charge in [-0.25, -0.2) is 9.97 Å². The molecule has 0 unspecified atom stereocenters. The number of nitro groups is 1. The van der Waals surface area contributed by atoms with Gasteiger partial charge in [-0.05, 0) is 55.7 Å². The summed E-state index contributed by atoms with van der Waals surface area (Å²) in [4.78, 5) is 35.1. The van der Waals surface area contributed by atoms with E-state index in [0.717, 1.165) is 49.3 Å². The molecule has 0 atom stereocenters. The van der Waals surface area contributed by atoms with E-state index in [1.54, 1.807) is 24.4 Å². The molecule has 3 aliphatic heterocycles. The largest absolute Gasteiger partial charge is 0.378 e. The molecular weight excluding hydrogens is 488 g/mol. The van der Waals surface area contributed by atoms with Crippen LogP contribution in [-0.2, 0) is 16.1 Å². The summed E-state index contributed by atoms with van der Waals surface area (Å²) in [6.07, 6.45) is 4.09. The van der Waals surface area contributed by atoms with E-state index in [0.29, 0.717) is 50.2 Å². The molecule has 3 aliphatic rings. The van der Waals surface area contributed by atoms with Crippen molar-refractivity contribution in [1.82, 2.24) is 15.3 Å². The predicted octanol–water partition coefficient (Wildman–Crippen LogP) is 4.06. The van der Waals surface area contributed by atoms with Crippen LogP contribution in [0.15, 0.2) is 48.7 Å². The van der Waals surface area contributed by atoms with Gasteiger partial charge in [0.1, 0.15) is 0 Å². The molecule has 0 spiro atoms. The van der Waals surface area contributed by atoms with Crippen molar-refractivity contribution in [3.05, 3.63) is 69.9 Å². The van der Waals surface area contributed by atoms with Gasteiger partial charge in [-0.15, -0.1) is 0 Å². The number of nitrogens with one attached hydrogen (secondary N) is 2. The normalized spacial score (nSPS) is 16.8. The van der Waals surface area contributed by atoms with Crippen LogP contribution in [0.25, 0.3) is 11.3 Å². The zero-order chi connectivity index (χ0) is 26.3. The van der Waals surface area contributed by atoms with Crippen molar-refractivity contribution in [3.63, 3.8) is 0 Å². The minimum absolute atomic E-state index is 0.189. The SMILES string of the molecule is O=C1NCCCCCOCc2cc(ccc2N2CCOCC2)Nc2nccc(n2)-c2ccc1cc2[N+](=O)[O-]. The molecule has 3 aromatic rings. The Labute approximate surface area is 220 Å². The van der Waals surface area contributed by atoms with Crippen molar-refractivity contribution in [2.45, 2.75) is 25.9 Å². The fraction of sp³-hybridized carbons (Fsp3) is 0.370. The van der Waals surface area contributed by atoms with Gasteiger partial charge >= 0.3 is 0 Å². The van der Waals surface area contributed by atoms with Crippen LogP contribution < -0.4 is 15.5 Å². The Morgan fingerprint density at radius 2 is 1.84 bits per heavy atom. The smallest absolute Gasteiger partial charge is 0.279 e. The highest BCUT2D eigenvalue weighted by Crippen LogP contribution is 2.31. The van der Waals surface area contributed by atoms with Crippen molar-refractivity contribution >= 4 is 28.9 Å². The number of anilines is 3. The van der Waals surface area contributed by atoms with Gasteiger partial charge in [-0.1, -0.05) is 0 Å². The van der Waals surface area contributed by atoms with Crippen LogP contribution in [0, 0.1) is 10.1 Å². The number of ether oxygens (including phenoxy) is 2. The van der Waals surface area contributed by atoms with E-state index >= 15 is 0 Å². The number of morpholine rings is 1.